The Morgan fingerprint density at radius 1 is 1.00 bits per heavy atom. The van der Waals surface area contributed by atoms with E-state index in [0.717, 1.165) is 18.0 Å². The molecule has 3 rings (SSSR count). The Morgan fingerprint density at radius 2 is 1.67 bits per heavy atom. The van der Waals surface area contributed by atoms with Gasteiger partial charge in [0.05, 0.1) is 9.75 Å². The Labute approximate surface area is 148 Å². The molecule has 2 heterocycles. The largest absolute Gasteiger partial charge is 0.321 e. The van der Waals surface area contributed by atoms with Crippen LogP contribution in [0.1, 0.15) is 9.75 Å². The van der Waals surface area contributed by atoms with Crippen LogP contribution in [-0.4, -0.2) is 12.5 Å². The molecular formula is C18H18FN2OS2+. The average Bonchev–Trinajstić information content (AvgIpc) is 3.21. The van der Waals surface area contributed by atoms with Crippen molar-refractivity contribution >= 4 is 34.3 Å². The molecule has 0 atom stereocenters. The van der Waals surface area contributed by atoms with E-state index in [1.165, 1.54) is 21.9 Å². The highest BCUT2D eigenvalue weighted by atomic mass is 32.1. The van der Waals surface area contributed by atoms with Gasteiger partial charge in [-0.1, -0.05) is 18.2 Å². The van der Waals surface area contributed by atoms with Crippen molar-refractivity contribution in [3.8, 4) is 0 Å². The minimum absolute atomic E-state index is 0.108. The molecule has 1 amide bonds. The predicted octanol–water partition coefficient (Wildman–Crippen LogP) is 3.17. The van der Waals surface area contributed by atoms with Crippen LogP contribution in [0.5, 0.6) is 0 Å². The first-order valence-corrected chi connectivity index (χ1v) is 9.39. The molecule has 0 aliphatic heterocycles. The third kappa shape index (κ3) is 4.99. The van der Waals surface area contributed by atoms with Crippen LogP contribution >= 0.6 is 22.7 Å². The van der Waals surface area contributed by atoms with Crippen molar-refractivity contribution in [3.63, 3.8) is 0 Å². The van der Waals surface area contributed by atoms with Gasteiger partial charge in [-0.15, -0.1) is 22.7 Å². The summed E-state index contributed by atoms with van der Waals surface area (Å²) in [5.74, 6) is -0.460. The summed E-state index contributed by atoms with van der Waals surface area (Å²) in [5, 5.41) is 6.87. The van der Waals surface area contributed by atoms with Crippen LogP contribution in [0.4, 0.5) is 10.1 Å². The lowest BCUT2D eigenvalue weighted by atomic mass is 10.3. The minimum Gasteiger partial charge on any atom is -0.321 e. The second kappa shape index (κ2) is 8.19. The zero-order valence-electron chi connectivity index (χ0n) is 13.0. The number of amides is 1. The van der Waals surface area contributed by atoms with Gasteiger partial charge >= 0.3 is 0 Å². The van der Waals surface area contributed by atoms with Gasteiger partial charge in [0.25, 0.3) is 5.91 Å². The van der Waals surface area contributed by atoms with Crippen LogP contribution in [0.3, 0.4) is 0 Å². The molecule has 3 aromatic rings. The Kier molecular flexibility index (Phi) is 5.74. The SMILES string of the molecule is O=C(C[NH+](Cc1cccs1)Cc1cccs1)Nc1cccc(F)c1. The van der Waals surface area contributed by atoms with Crippen molar-refractivity contribution in [3.05, 3.63) is 74.9 Å². The van der Waals surface area contributed by atoms with E-state index < -0.39 is 0 Å². The number of rotatable bonds is 7. The van der Waals surface area contributed by atoms with Crippen LogP contribution in [0.25, 0.3) is 0 Å². The number of hydrogen-bond acceptors (Lipinski definition) is 3. The summed E-state index contributed by atoms with van der Waals surface area (Å²) < 4.78 is 13.2. The number of anilines is 1. The highest BCUT2D eigenvalue weighted by molar-refractivity contribution is 7.10. The lowest BCUT2D eigenvalue weighted by Crippen LogP contribution is -3.10. The van der Waals surface area contributed by atoms with Crippen LogP contribution in [0.2, 0.25) is 0 Å². The number of benzene rings is 1. The number of carbonyl (C=O) groups excluding carboxylic acids is 1. The fourth-order valence-corrected chi connectivity index (χ4v) is 4.06. The van der Waals surface area contributed by atoms with Gasteiger partial charge < -0.3 is 10.2 Å². The van der Waals surface area contributed by atoms with E-state index in [1.54, 1.807) is 34.8 Å². The van der Waals surface area contributed by atoms with Crippen LogP contribution in [-0.2, 0) is 17.9 Å². The number of nitrogens with one attached hydrogen (secondary N) is 2. The van der Waals surface area contributed by atoms with Gasteiger partial charge in [0.1, 0.15) is 18.9 Å². The normalized spacial score (nSPS) is 10.9. The number of hydrogen-bond donors (Lipinski definition) is 2. The molecule has 0 saturated heterocycles. The van der Waals surface area contributed by atoms with Gasteiger partial charge in [-0.2, -0.15) is 0 Å². The molecule has 1 aromatic carbocycles. The zero-order valence-corrected chi connectivity index (χ0v) is 14.6. The van der Waals surface area contributed by atoms with Crippen molar-refractivity contribution in [2.75, 3.05) is 11.9 Å². The van der Waals surface area contributed by atoms with Crippen LogP contribution in [0, 0.1) is 5.82 Å². The quantitative estimate of drug-likeness (QED) is 0.666. The zero-order chi connectivity index (χ0) is 16.8. The lowest BCUT2D eigenvalue weighted by Gasteiger charge is -2.18. The highest BCUT2D eigenvalue weighted by Gasteiger charge is 2.17. The molecule has 3 nitrogen and oxygen atoms in total. The molecule has 0 spiro atoms. The van der Waals surface area contributed by atoms with Crippen molar-refractivity contribution < 1.29 is 14.1 Å². The second-order valence-electron chi connectivity index (χ2n) is 5.50. The van der Waals surface area contributed by atoms with E-state index in [0.29, 0.717) is 12.2 Å². The van der Waals surface area contributed by atoms with Gasteiger partial charge in [0.2, 0.25) is 0 Å². The molecule has 0 fully saturated rings. The fraction of sp³-hybridized carbons (Fsp3) is 0.167. The standard InChI is InChI=1S/C18H17FN2OS2/c19-14-4-1-5-15(10-14)20-18(22)13-21(11-16-6-2-8-23-16)12-17-7-3-9-24-17/h1-10H,11-13H2,(H,20,22)/p+1. The summed E-state index contributed by atoms with van der Waals surface area (Å²) in [7, 11) is 0. The van der Waals surface area contributed by atoms with E-state index in [2.05, 4.69) is 17.4 Å². The van der Waals surface area contributed by atoms with Gasteiger partial charge in [-0.3, -0.25) is 4.79 Å². The molecule has 24 heavy (non-hydrogen) atoms. The van der Waals surface area contributed by atoms with Gasteiger partial charge in [0.15, 0.2) is 6.54 Å². The Bertz CT molecular complexity index is 736. The Balaban J connectivity index is 1.64. The maximum atomic E-state index is 13.2. The molecule has 0 aliphatic rings. The van der Waals surface area contributed by atoms with Gasteiger partial charge in [0, 0.05) is 5.69 Å². The molecule has 0 bridgehead atoms. The molecule has 0 aliphatic carbocycles. The minimum atomic E-state index is -0.353. The van der Waals surface area contributed by atoms with Crippen molar-refractivity contribution in [2.45, 2.75) is 13.1 Å². The van der Waals surface area contributed by atoms with Crippen molar-refractivity contribution in [2.24, 2.45) is 0 Å². The second-order valence-corrected chi connectivity index (χ2v) is 7.56. The lowest BCUT2D eigenvalue weighted by molar-refractivity contribution is -0.918. The van der Waals surface area contributed by atoms with Crippen molar-refractivity contribution in [1.29, 1.82) is 0 Å². The van der Waals surface area contributed by atoms with Gasteiger partial charge in [-0.25, -0.2) is 4.39 Å². The van der Waals surface area contributed by atoms with E-state index in [1.807, 2.05) is 22.9 Å². The molecule has 0 radical (unpaired) electrons. The first-order chi connectivity index (χ1) is 11.7. The van der Waals surface area contributed by atoms with Crippen molar-refractivity contribution in [1.82, 2.24) is 0 Å². The van der Waals surface area contributed by atoms with E-state index in [-0.39, 0.29) is 11.7 Å². The summed E-state index contributed by atoms with van der Waals surface area (Å²) in [4.78, 5) is 16.0. The van der Waals surface area contributed by atoms with Gasteiger partial charge in [-0.05, 0) is 41.1 Å². The molecule has 0 saturated carbocycles. The molecule has 2 N–H and O–H groups in total. The highest BCUT2D eigenvalue weighted by Crippen LogP contribution is 2.10. The summed E-state index contributed by atoms with van der Waals surface area (Å²) in [5.41, 5.74) is 0.492. The molecule has 2 aromatic heterocycles. The van der Waals surface area contributed by atoms with E-state index in [9.17, 15) is 9.18 Å². The first kappa shape index (κ1) is 16.8. The first-order valence-electron chi connectivity index (χ1n) is 7.63. The molecule has 6 heteroatoms. The predicted molar refractivity (Wildman–Crippen MR) is 96.9 cm³/mol. The summed E-state index contributed by atoms with van der Waals surface area (Å²) in [6, 6.07) is 14.2. The maximum absolute atomic E-state index is 13.2. The van der Waals surface area contributed by atoms with E-state index >= 15 is 0 Å². The number of quaternary nitrogens is 1. The fourth-order valence-electron chi connectivity index (χ4n) is 2.51. The van der Waals surface area contributed by atoms with Crippen LogP contribution in [0.15, 0.2) is 59.3 Å². The molecular weight excluding hydrogens is 343 g/mol. The average molecular weight is 361 g/mol. The number of halogens is 1. The summed E-state index contributed by atoms with van der Waals surface area (Å²) in [6.45, 7) is 1.94. The monoisotopic (exact) mass is 361 g/mol. The topological polar surface area (TPSA) is 33.5 Å². The third-order valence-electron chi connectivity index (χ3n) is 3.53. The summed E-state index contributed by atoms with van der Waals surface area (Å²) in [6.07, 6.45) is 0. The van der Waals surface area contributed by atoms with E-state index in [4.69, 9.17) is 0 Å². The number of carbonyl (C=O) groups is 1. The van der Waals surface area contributed by atoms with Crippen LogP contribution < -0.4 is 10.2 Å². The molecule has 0 unspecified atom stereocenters. The summed E-state index contributed by atoms with van der Waals surface area (Å²) >= 11 is 3.40. The smallest absolute Gasteiger partial charge is 0.279 e. The molecule has 124 valence electrons. The third-order valence-corrected chi connectivity index (χ3v) is 5.28. The maximum Gasteiger partial charge on any atom is 0.279 e. The Morgan fingerprint density at radius 3 is 2.21 bits per heavy atom. The Hall–Kier alpha value is -2.02. The number of thiophene rings is 2.